The first-order valence-electron chi connectivity index (χ1n) is 8.50. The molecule has 9 nitrogen and oxygen atoms in total. The Kier molecular flexibility index (Phi) is 7.78. The minimum atomic E-state index is -4.00. The van der Waals surface area contributed by atoms with Crippen molar-refractivity contribution in [1.29, 1.82) is 0 Å². The number of carbonyl (C=O) groups excluding carboxylic acids is 2. The van der Waals surface area contributed by atoms with E-state index in [-0.39, 0.29) is 21.6 Å². The zero-order valence-corrected chi connectivity index (χ0v) is 17.4. The number of carbonyl (C=O) groups is 2. The van der Waals surface area contributed by atoms with Gasteiger partial charge < -0.3 is 0 Å². The first-order valence-corrected chi connectivity index (χ1v) is 11.4. The molecule has 0 saturated heterocycles. The molecule has 3 N–H and O–H groups in total. The summed E-state index contributed by atoms with van der Waals surface area (Å²) in [5.74, 6) is -0.601. The number of fused-ring (bicyclic) bond motifs is 1. The second-order valence-corrected chi connectivity index (χ2v) is 8.75. The predicted octanol–water partition coefficient (Wildman–Crippen LogP) is 2.44. The van der Waals surface area contributed by atoms with E-state index in [9.17, 15) is 26.4 Å². The van der Waals surface area contributed by atoms with E-state index in [1.807, 2.05) is 0 Å². The summed E-state index contributed by atoms with van der Waals surface area (Å²) in [6, 6.07) is 21.6. The van der Waals surface area contributed by atoms with Crippen molar-refractivity contribution in [2.24, 2.45) is 0 Å². The summed E-state index contributed by atoms with van der Waals surface area (Å²) in [5, 5.41) is 2.20. The van der Waals surface area contributed by atoms with E-state index in [1.54, 1.807) is 60.7 Å². The quantitative estimate of drug-likeness (QED) is 0.387. The standard InChI is InChI=1S/C8H5NO2.2C6H6O3S/c10-7-5-3-1-2-4-6(5)8(11)9-7;2*7-10(8,9)6-4-2-1-3-5-6/h1-4H,(H,9,10,11);2*1-5H,(H,7,8,9). The minimum absolute atomic E-state index is 0.0741. The molecule has 3 aromatic carbocycles. The normalized spacial score (nSPS) is 12.5. The van der Waals surface area contributed by atoms with Gasteiger partial charge in [-0.1, -0.05) is 48.5 Å². The molecule has 0 radical (unpaired) electrons. The van der Waals surface area contributed by atoms with Crippen LogP contribution in [0.3, 0.4) is 0 Å². The van der Waals surface area contributed by atoms with Gasteiger partial charge in [0.05, 0.1) is 20.9 Å². The van der Waals surface area contributed by atoms with Crippen LogP contribution in [0, 0.1) is 0 Å². The molecule has 0 atom stereocenters. The van der Waals surface area contributed by atoms with Gasteiger partial charge in [-0.2, -0.15) is 16.8 Å². The highest BCUT2D eigenvalue weighted by atomic mass is 32.2. The van der Waals surface area contributed by atoms with Crippen LogP contribution in [0.2, 0.25) is 0 Å². The Bertz CT molecular complexity index is 1170. The lowest BCUT2D eigenvalue weighted by Gasteiger charge is -1.92. The van der Waals surface area contributed by atoms with Gasteiger partial charge in [-0.25, -0.2) is 0 Å². The smallest absolute Gasteiger partial charge is 0.288 e. The highest BCUT2D eigenvalue weighted by Gasteiger charge is 2.25. The maximum absolute atomic E-state index is 10.9. The van der Waals surface area contributed by atoms with E-state index in [0.29, 0.717) is 11.1 Å². The summed E-state index contributed by atoms with van der Waals surface area (Å²) in [6.07, 6.45) is 0. The molecule has 0 bridgehead atoms. The van der Waals surface area contributed by atoms with Gasteiger partial charge in [0.2, 0.25) is 0 Å². The average molecular weight is 463 g/mol. The van der Waals surface area contributed by atoms with Crippen LogP contribution in [0.15, 0.2) is 94.7 Å². The summed E-state index contributed by atoms with van der Waals surface area (Å²) < 4.78 is 58.5. The molecule has 0 unspecified atom stereocenters. The molecular formula is C20H17NO8S2. The van der Waals surface area contributed by atoms with E-state index in [2.05, 4.69) is 5.32 Å². The summed E-state index contributed by atoms with van der Waals surface area (Å²) in [6.45, 7) is 0. The molecule has 162 valence electrons. The van der Waals surface area contributed by atoms with Crippen LogP contribution in [-0.2, 0) is 20.2 Å². The van der Waals surface area contributed by atoms with Gasteiger partial charge in [0.25, 0.3) is 32.1 Å². The summed E-state index contributed by atoms with van der Waals surface area (Å²) in [5.41, 5.74) is 0.940. The van der Waals surface area contributed by atoms with Crippen molar-refractivity contribution in [2.75, 3.05) is 0 Å². The fourth-order valence-corrected chi connectivity index (χ4v) is 3.30. The van der Waals surface area contributed by atoms with Gasteiger partial charge in [-0.05, 0) is 36.4 Å². The van der Waals surface area contributed by atoms with Gasteiger partial charge in [0.15, 0.2) is 0 Å². The zero-order valence-electron chi connectivity index (χ0n) is 15.7. The van der Waals surface area contributed by atoms with Crippen LogP contribution in [0.1, 0.15) is 20.7 Å². The van der Waals surface area contributed by atoms with Crippen molar-refractivity contribution >= 4 is 32.1 Å². The number of hydrogen-bond acceptors (Lipinski definition) is 6. The first-order chi connectivity index (χ1) is 14.5. The predicted molar refractivity (Wildman–Crippen MR) is 111 cm³/mol. The lowest BCUT2D eigenvalue weighted by atomic mass is 10.1. The lowest BCUT2D eigenvalue weighted by molar-refractivity contribution is 0.0879. The molecule has 0 fully saturated rings. The number of nitrogens with one attached hydrogen (secondary N) is 1. The van der Waals surface area contributed by atoms with Crippen molar-refractivity contribution in [2.45, 2.75) is 9.79 Å². The van der Waals surface area contributed by atoms with Gasteiger partial charge in [-0.3, -0.25) is 24.0 Å². The molecule has 11 heteroatoms. The Labute approximate surface area is 178 Å². The van der Waals surface area contributed by atoms with Crippen molar-refractivity contribution in [3.8, 4) is 0 Å². The molecule has 0 aromatic heterocycles. The molecular weight excluding hydrogens is 446 g/mol. The van der Waals surface area contributed by atoms with Crippen molar-refractivity contribution in [3.05, 3.63) is 96.1 Å². The third-order valence-corrected chi connectivity index (χ3v) is 5.46. The third-order valence-electron chi connectivity index (χ3n) is 3.73. The highest BCUT2D eigenvalue weighted by Crippen LogP contribution is 2.13. The van der Waals surface area contributed by atoms with Crippen molar-refractivity contribution < 1.29 is 35.5 Å². The second-order valence-electron chi connectivity index (χ2n) is 5.91. The molecule has 4 rings (SSSR count). The fourth-order valence-electron chi connectivity index (χ4n) is 2.30. The van der Waals surface area contributed by atoms with Gasteiger partial charge in [0.1, 0.15) is 0 Å². The van der Waals surface area contributed by atoms with Crippen LogP contribution >= 0.6 is 0 Å². The van der Waals surface area contributed by atoms with E-state index >= 15 is 0 Å². The zero-order chi connectivity index (χ0) is 23.1. The van der Waals surface area contributed by atoms with Crippen molar-refractivity contribution in [1.82, 2.24) is 5.32 Å². The van der Waals surface area contributed by atoms with Crippen LogP contribution in [-0.4, -0.2) is 37.8 Å². The lowest BCUT2D eigenvalue weighted by Crippen LogP contribution is -2.19. The fraction of sp³-hybridized carbons (Fsp3) is 0. The van der Waals surface area contributed by atoms with Crippen LogP contribution in [0.25, 0.3) is 0 Å². The van der Waals surface area contributed by atoms with E-state index in [1.165, 1.54) is 24.3 Å². The molecule has 0 aliphatic carbocycles. The molecule has 1 aliphatic rings. The molecule has 31 heavy (non-hydrogen) atoms. The Hall–Kier alpha value is -3.38. The Morgan fingerprint density at radius 3 is 1.06 bits per heavy atom. The van der Waals surface area contributed by atoms with Gasteiger partial charge in [0, 0.05) is 0 Å². The minimum Gasteiger partial charge on any atom is -0.288 e. The Morgan fingerprint density at radius 2 is 0.806 bits per heavy atom. The molecule has 2 amide bonds. The molecule has 0 saturated carbocycles. The maximum Gasteiger partial charge on any atom is 0.294 e. The summed E-state index contributed by atoms with van der Waals surface area (Å²) in [7, 11) is -8.01. The maximum atomic E-state index is 10.9. The third kappa shape index (κ3) is 7.12. The van der Waals surface area contributed by atoms with Gasteiger partial charge in [-0.15, -0.1) is 0 Å². The topological polar surface area (TPSA) is 155 Å². The van der Waals surface area contributed by atoms with Crippen molar-refractivity contribution in [3.63, 3.8) is 0 Å². The first kappa shape index (κ1) is 23.9. The number of amides is 2. The van der Waals surface area contributed by atoms with E-state index in [0.717, 1.165) is 0 Å². The SMILES string of the molecule is O=C1NC(=O)c2ccccc21.O=S(=O)(O)c1ccccc1.O=S(=O)(O)c1ccccc1. The van der Waals surface area contributed by atoms with Crippen LogP contribution in [0.4, 0.5) is 0 Å². The van der Waals surface area contributed by atoms with Crippen LogP contribution < -0.4 is 5.32 Å². The molecule has 1 heterocycles. The number of benzene rings is 3. The molecule has 1 aliphatic heterocycles. The Balaban J connectivity index is 0.000000166. The summed E-state index contributed by atoms with van der Waals surface area (Å²) >= 11 is 0. The van der Waals surface area contributed by atoms with Gasteiger partial charge >= 0.3 is 0 Å². The second kappa shape index (κ2) is 10.1. The number of imide groups is 1. The number of hydrogen-bond donors (Lipinski definition) is 3. The largest absolute Gasteiger partial charge is 0.294 e. The van der Waals surface area contributed by atoms with E-state index < -0.39 is 20.2 Å². The average Bonchev–Trinajstić information content (AvgIpc) is 3.03. The molecule has 0 spiro atoms. The van der Waals surface area contributed by atoms with E-state index in [4.69, 9.17) is 9.11 Å². The Morgan fingerprint density at radius 1 is 0.516 bits per heavy atom. The molecule has 3 aromatic rings. The monoisotopic (exact) mass is 463 g/mol. The summed E-state index contributed by atoms with van der Waals surface area (Å²) in [4.78, 5) is 21.7. The number of rotatable bonds is 2. The van der Waals surface area contributed by atoms with Crippen LogP contribution in [0.5, 0.6) is 0 Å². The highest BCUT2D eigenvalue weighted by molar-refractivity contribution is 7.86.